The number of hydrogen-bond acceptors (Lipinski definition) is 2. The maximum atomic E-state index is 10.1. The Labute approximate surface area is 119 Å². The van der Waals surface area contributed by atoms with Crippen molar-refractivity contribution < 1.29 is 5.11 Å². The Morgan fingerprint density at radius 3 is 1.89 bits per heavy atom. The van der Waals surface area contributed by atoms with E-state index < -0.39 is 0 Å². The summed E-state index contributed by atoms with van der Waals surface area (Å²) in [6.45, 7) is 9.74. The Balaban J connectivity index is 2.11. The van der Waals surface area contributed by atoms with Crippen LogP contribution in [0.3, 0.4) is 0 Å². The van der Waals surface area contributed by atoms with Crippen molar-refractivity contribution in [3.63, 3.8) is 0 Å². The summed E-state index contributed by atoms with van der Waals surface area (Å²) < 4.78 is 0. The van der Waals surface area contributed by atoms with Crippen molar-refractivity contribution in [2.75, 3.05) is 6.61 Å². The maximum absolute atomic E-state index is 10.1. The summed E-state index contributed by atoms with van der Waals surface area (Å²) in [6.07, 6.45) is 10.2. The van der Waals surface area contributed by atoms with Crippen molar-refractivity contribution in [1.29, 1.82) is 0 Å². The molecule has 2 fully saturated rings. The monoisotopic (exact) mass is 267 g/mol. The van der Waals surface area contributed by atoms with Gasteiger partial charge in [0.25, 0.3) is 0 Å². The highest BCUT2D eigenvalue weighted by Crippen LogP contribution is 2.50. The molecule has 0 aliphatic heterocycles. The third kappa shape index (κ3) is 3.95. The lowest BCUT2D eigenvalue weighted by Gasteiger charge is -2.53. The number of aliphatic hydroxyl groups excluding tert-OH is 1. The molecule has 2 rings (SSSR count). The standard InChI is InChI=1S/C17H33NO/c1-15(2)10-16(3,4)12-17(11-15,13-19)18-14-8-6-5-7-9-14/h14,18-19H,5-13H2,1-4H3. The van der Waals surface area contributed by atoms with Gasteiger partial charge in [-0.25, -0.2) is 0 Å². The fourth-order valence-corrected chi connectivity index (χ4v) is 5.25. The summed E-state index contributed by atoms with van der Waals surface area (Å²) in [5, 5.41) is 14.0. The van der Waals surface area contributed by atoms with E-state index in [-0.39, 0.29) is 12.1 Å². The molecule has 0 saturated heterocycles. The molecule has 0 aromatic carbocycles. The van der Waals surface area contributed by atoms with Gasteiger partial charge in [-0.2, -0.15) is 0 Å². The quantitative estimate of drug-likeness (QED) is 0.813. The van der Waals surface area contributed by atoms with Crippen LogP contribution in [0.1, 0.15) is 79.1 Å². The lowest BCUT2D eigenvalue weighted by Crippen LogP contribution is -2.60. The minimum atomic E-state index is -0.0484. The summed E-state index contributed by atoms with van der Waals surface area (Å²) in [7, 11) is 0. The smallest absolute Gasteiger partial charge is 0.0613 e. The second-order valence-electron chi connectivity index (χ2n) is 8.78. The Morgan fingerprint density at radius 2 is 1.42 bits per heavy atom. The minimum absolute atomic E-state index is 0.0484. The fourth-order valence-electron chi connectivity index (χ4n) is 5.25. The molecule has 0 heterocycles. The number of aliphatic hydroxyl groups is 1. The van der Waals surface area contributed by atoms with Gasteiger partial charge in [-0.1, -0.05) is 47.0 Å². The zero-order valence-corrected chi connectivity index (χ0v) is 13.4. The first-order valence-electron chi connectivity index (χ1n) is 8.15. The van der Waals surface area contributed by atoms with Gasteiger partial charge < -0.3 is 10.4 Å². The van der Waals surface area contributed by atoms with Crippen molar-refractivity contribution in [3.8, 4) is 0 Å². The van der Waals surface area contributed by atoms with E-state index in [2.05, 4.69) is 33.0 Å². The Kier molecular flexibility index (Phi) is 4.32. The Bertz CT molecular complexity index is 286. The summed E-state index contributed by atoms with van der Waals surface area (Å²) in [5.41, 5.74) is 0.603. The molecule has 0 amide bonds. The topological polar surface area (TPSA) is 32.3 Å². The molecule has 0 spiro atoms. The molecule has 2 aliphatic rings. The van der Waals surface area contributed by atoms with Gasteiger partial charge in [0.2, 0.25) is 0 Å². The average molecular weight is 267 g/mol. The van der Waals surface area contributed by atoms with Gasteiger partial charge in [-0.15, -0.1) is 0 Å². The van der Waals surface area contributed by atoms with Crippen LogP contribution >= 0.6 is 0 Å². The van der Waals surface area contributed by atoms with Crippen LogP contribution in [0.4, 0.5) is 0 Å². The zero-order chi connectivity index (χ0) is 14.1. The maximum Gasteiger partial charge on any atom is 0.0613 e. The summed E-state index contributed by atoms with van der Waals surface area (Å²) >= 11 is 0. The van der Waals surface area contributed by atoms with E-state index >= 15 is 0 Å². The van der Waals surface area contributed by atoms with Crippen molar-refractivity contribution in [2.45, 2.75) is 90.6 Å². The minimum Gasteiger partial charge on any atom is -0.394 e. The summed E-state index contributed by atoms with van der Waals surface area (Å²) in [5.74, 6) is 0. The van der Waals surface area contributed by atoms with E-state index in [4.69, 9.17) is 0 Å². The van der Waals surface area contributed by atoms with Gasteiger partial charge in [0.05, 0.1) is 6.61 Å². The van der Waals surface area contributed by atoms with Gasteiger partial charge >= 0.3 is 0 Å². The van der Waals surface area contributed by atoms with Gasteiger partial charge in [-0.05, 0) is 42.9 Å². The van der Waals surface area contributed by atoms with Gasteiger partial charge in [0.15, 0.2) is 0 Å². The van der Waals surface area contributed by atoms with Crippen LogP contribution < -0.4 is 5.32 Å². The first kappa shape index (κ1) is 15.3. The summed E-state index contributed by atoms with van der Waals surface area (Å²) in [6, 6.07) is 0.630. The van der Waals surface area contributed by atoms with E-state index in [1.165, 1.54) is 38.5 Å². The highest BCUT2D eigenvalue weighted by Gasteiger charge is 2.47. The van der Waals surface area contributed by atoms with Crippen LogP contribution in [0, 0.1) is 10.8 Å². The molecule has 2 saturated carbocycles. The molecule has 2 N–H and O–H groups in total. The number of nitrogens with one attached hydrogen (secondary N) is 1. The third-order valence-electron chi connectivity index (χ3n) is 5.01. The predicted octanol–water partition coefficient (Wildman–Crippen LogP) is 3.88. The Hall–Kier alpha value is -0.0800. The van der Waals surface area contributed by atoms with Gasteiger partial charge in [-0.3, -0.25) is 0 Å². The van der Waals surface area contributed by atoms with Gasteiger partial charge in [0, 0.05) is 11.6 Å². The molecule has 2 nitrogen and oxygen atoms in total. The highest BCUT2D eigenvalue weighted by molar-refractivity contribution is 5.03. The normalized spacial score (nSPS) is 30.2. The van der Waals surface area contributed by atoms with Crippen molar-refractivity contribution in [3.05, 3.63) is 0 Å². The fraction of sp³-hybridized carbons (Fsp3) is 1.00. The van der Waals surface area contributed by atoms with Crippen LogP contribution in [0.5, 0.6) is 0 Å². The molecule has 2 aliphatic carbocycles. The molecular formula is C17H33NO. The van der Waals surface area contributed by atoms with Crippen LogP contribution in [0.15, 0.2) is 0 Å². The molecular weight excluding hydrogens is 234 g/mol. The van der Waals surface area contributed by atoms with Crippen LogP contribution in [0.25, 0.3) is 0 Å². The van der Waals surface area contributed by atoms with E-state index in [0.717, 1.165) is 12.8 Å². The molecule has 0 aromatic heterocycles. The molecule has 0 bridgehead atoms. The van der Waals surface area contributed by atoms with E-state index in [0.29, 0.717) is 16.9 Å². The molecule has 19 heavy (non-hydrogen) atoms. The molecule has 112 valence electrons. The van der Waals surface area contributed by atoms with E-state index in [9.17, 15) is 5.11 Å². The van der Waals surface area contributed by atoms with E-state index in [1.54, 1.807) is 0 Å². The second kappa shape index (κ2) is 5.37. The van der Waals surface area contributed by atoms with Crippen molar-refractivity contribution >= 4 is 0 Å². The SMILES string of the molecule is CC1(C)CC(C)(C)CC(CO)(NC2CCCCC2)C1. The molecule has 2 heteroatoms. The van der Waals surface area contributed by atoms with E-state index in [1.807, 2.05) is 0 Å². The largest absolute Gasteiger partial charge is 0.394 e. The van der Waals surface area contributed by atoms with Crippen molar-refractivity contribution in [1.82, 2.24) is 5.32 Å². The molecule has 0 unspecified atom stereocenters. The van der Waals surface area contributed by atoms with Crippen LogP contribution in [0.2, 0.25) is 0 Å². The van der Waals surface area contributed by atoms with Crippen LogP contribution in [-0.4, -0.2) is 23.3 Å². The highest BCUT2D eigenvalue weighted by atomic mass is 16.3. The zero-order valence-electron chi connectivity index (χ0n) is 13.4. The first-order valence-corrected chi connectivity index (χ1v) is 8.15. The predicted molar refractivity (Wildman–Crippen MR) is 81.2 cm³/mol. The lowest BCUT2D eigenvalue weighted by atomic mass is 9.58. The average Bonchev–Trinajstić information content (AvgIpc) is 2.26. The molecule has 0 radical (unpaired) electrons. The summed E-state index contributed by atoms with van der Waals surface area (Å²) in [4.78, 5) is 0. The molecule has 0 atom stereocenters. The lowest BCUT2D eigenvalue weighted by molar-refractivity contribution is -0.0115. The van der Waals surface area contributed by atoms with Crippen molar-refractivity contribution in [2.24, 2.45) is 10.8 Å². The number of rotatable bonds is 3. The third-order valence-corrected chi connectivity index (χ3v) is 5.01. The number of hydrogen-bond donors (Lipinski definition) is 2. The second-order valence-corrected chi connectivity index (χ2v) is 8.78. The van der Waals surface area contributed by atoms with Gasteiger partial charge in [0.1, 0.15) is 0 Å². The van der Waals surface area contributed by atoms with Crippen LogP contribution in [-0.2, 0) is 0 Å². The Morgan fingerprint density at radius 1 is 0.895 bits per heavy atom. The molecule has 0 aromatic rings. The first-order chi connectivity index (χ1) is 8.76.